The summed E-state index contributed by atoms with van der Waals surface area (Å²) in [6.45, 7) is 6.02. The van der Waals surface area contributed by atoms with Crippen LogP contribution in [0.25, 0.3) is 6.08 Å². The maximum absolute atomic E-state index is 12.0. The molecule has 0 atom stereocenters. The summed E-state index contributed by atoms with van der Waals surface area (Å²) in [7, 11) is 0. The van der Waals surface area contributed by atoms with Gasteiger partial charge in [0.05, 0.1) is 5.69 Å². The Morgan fingerprint density at radius 1 is 1.03 bits per heavy atom. The molecule has 1 saturated heterocycles. The molecule has 7 heteroatoms. The Hall–Kier alpha value is -3.09. The lowest BCUT2D eigenvalue weighted by atomic mass is 10.1. The minimum atomic E-state index is -0.386. The van der Waals surface area contributed by atoms with Crippen molar-refractivity contribution in [2.45, 2.75) is 46.1 Å². The van der Waals surface area contributed by atoms with Crippen molar-refractivity contribution in [1.82, 2.24) is 20.6 Å². The van der Waals surface area contributed by atoms with Crippen LogP contribution in [-0.2, 0) is 16.1 Å². The van der Waals surface area contributed by atoms with E-state index < -0.39 is 0 Å². The summed E-state index contributed by atoms with van der Waals surface area (Å²) in [5.41, 5.74) is 8.71. The highest BCUT2D eigenvalue weighted by atomic mass is 16.2. The van der Waals surface area contributed by atoms with Crippen LogP contribution >= 0.6 is 0 Å². The van der Waals surface area contributed by atoms with Gasteiger partial charge in [-0.05, 0) is 56.5 Å². The number of hydrogen-bond donors (Lipinski definition) is 2. The molecule has 1 fully saturated rings. The van der Waals surface area contributed by atoms with Gasteiger partial charge in [-0.3, -0.25) is 25.1 Å². The number of nitrogens with one attached hydrogen (secondary N) is 2. The highest BCUT2D eigenvalue weighted by Gasteiger charge is 2.10. The van der Waals surface area contributed by atoms with E-state index in [0.29, 0.717) is 0 Å². The van der Waals surface area contributed by atoms with E-state index in [1.807, 2.05) is 32.0 Å². The summed E-state index contributed by atoms with van der Waals surface area (Å²) in [4.78, 5) is 26.3. The predicted octanol–water partition coefficient (Wildman–Crippen LogP) is 2.74. The molecule has 0 unspecified atom stereocenters. The second-order valence-electron chi connectivity index (χ2n) is 7.45. The third kappa shape index (κ3) is 6.20. The van der Waals surface area contributed by atoms with Crippen molar-refractivity contribution < 1.29 is 9.59 Å². The zero-order chi connectivity index (χ0) is 20.6. The number of carbonyl (C=O) groups is 2. The predicted molar refractivity (Wildman–Crippen MR) is 114 cm³/mol. The highest BCUT2D eigenvalue weighted by Crippen LogP contribution is 2.20. The lowest BCUT2D eigenvalue weighted by Crippen LogP contribution is -2.42. The first-order chi connectivity index (χ1) is 14.0. The fraction of sp³-hybridized carbons (Fsp3) is 0.409. The fourth-order valence-corrected chi connectivity index (χ4v) is 3.48. The normalized spacial score (nSPS) is 14.6. The van der Waals surface area contributed by atoms with Crippen LogP contribution in [0, 0.1) is 13.8 Å². The molecule has 1 aliphatic rings. The SMILES string of the molecule is Cc1cc(C)n(CC(=O)NNC(=O)/C=C/c2ccc(N3CCCCCC3)cc2)n1. The highest BCUT2D eigenvalue weighted by molar-refractivity contribution is 5.93. The van der Waals surface area contributed by atoms with Crippen molar-refractivity contribution in [3.05, 3.63) is 53.4 Å². The first-order valence-electron chi connectivity index (χ1n) is 10.1. The van der Waals surface area contributed by atoms with E-state index in [1.165, 1.54) is 37.4 Å². The van der Waals surface area contributed by atoms with Crippen molar-refractivity contribution in [2.75, 3.05) is 18.0 Å². The number of anilines is 1. The smallest absolute Gasteiger partial charge is 0.262 e. The number of amides is 2. The second-order valence-corrected chi connectivity index (χ2v) is 7.45. The summed E-state index contributed by atoms with van der Waals surface area (Å²) >= 11 is 0. The van der Waals surface area contributed by atoms with E-state index in [1.54, 1.807) is 10.8 Å². The van der Waals surface area contributed by atoms with Gasteiger partial charge in [-0.15, -0.1) is 0 Å². The Morgan fingerprint density at radius 2 is 1.72 bits per heavy atom. The Labute approximate surface area is 171 Å². The number of nitrogens with zero attached hydrogens (tertiary/aromatic N) is 3. The molecule has 2 heterocycles. The Bertz CT molecular complexity index is 862. The minimum Gasteiger partial charge on any atom is -0.372 e. The molecule has 1 aliphatic heterocycles. The van der Waals surface area contributed by atoms with Gasteiger partial charge in [-0.25, -0.2) is 0 Å². The van der Waals surface area contributed by atoms with E-state index >= 15 is 0 Å². The molecule has 0 aliphatic carbocycles. The molecule has 29 heavy (non-hydrogen) atoms. The van der Waals surface area contributed by atoms with Crippen molar-refractivity contribution >= 4 is 23.6 Å². The number of benzene rings is 1. The number of aryl methyl sites for hydroxylation is 2. The molecule has 0 spiro atoms. The van der Waals surface area contributed by atoms with Crippen LogP contribution in [-0.4, -0.2) is 34.7 Å². The summed E-state index contributed by atoms with van der Waals surface area (Å²) in [5.74, 6) is -0.719. The van der Waals surface area contributed by atoms with Gasteiger partial charge in [0.15, 0.2) is 0 Å². The Kier molecular flexibility index (Phi) is 7.05. The number of aromatic nitrogens is 2. The molecule has 1 aromatic carbocycles. The van der Waals surface area contributed by atoms with Gasteiger partial charge < -0.3 is 4.90 Å². The molecule has 2 amide bonds. The Morgan fingerprint density at radius 3 is 2.34 bits per heavy atom. The molecule has 0 saturated carbocycles. The van der Waals surface area contributed by atoms with Gasteiger partial charge in [0.2, 0.25) is 0 Å². The number of rotatable bonds is 5. The first kappa shape index (κ1) is 20.6. The van der Waals surface area contributed by atoms with Crippen molar-refractivity contribution in [3.8, 4) is 0 Å². The molecule has 2 aromatic rings. The van der Waals surface area contributed by atoms with Crippen molar-refractivity contribution in [2.24, 2.45) is 0 Å². The topological polar surface area (TPSA) is 79.3 Å². The third-order valence-corrected chi connectivity index (χ3v) is 5.01. The molecule has 3 rings (SSSR count). The maximum Gasteiger partial charge on any atom is 0.262 e. The molecule has 0 bridgehead atoms. The molecular formula is C22H29N5O2. The molecule has 0 radical (unpaired) electrons. The van der Waals surface area contributed by atoms with Gasteiger partial charge in [-0.1, -0.05) is 25.0 Å². The first-order valence-corrected chi connectivity index (χ1v) is 10.1. The molecule has 2 N–H and O–H groups in total. The number of hydrogen-bond acceptors (Lipinski definition) is 4. The van der Waals surface area contributed by atoms with Crippen LogP contribution in [0.4, 0.5) is 5.69 Å². The molecule has 154 valence electrons. The second kappa shape index (κ2) is 9.91. The lowest BCUT2D eigenvalue weighted by molar-refractivity contribution is -0.127. The van der Waals surface area contributed by atoms with E-state index in [0.717, 1.165) is 30.0 Å². The minimum absolute atomic E-state index is 0.0572. The van der Waals surface area contributed by atoms with Crippen LogP contribution in [0.5, 0.6) is 0 Å². The summed E-state index contributed by atoms with van der Waals surface area (Å²) in [6, 6.07) is 10.1. The van der Waals surface area contributed by atoms with E-state index in [4.69, 9.17) is 0 Å². The summed E-state index contributed by atoms with van der Waals surface area (Å²) in [6.07, 6.45) is 8.24. The van der Waals surface area contributed by atoms with Crippen molar-refractivity contribution in [3.63, 3.8) is 0 Å². The largest absolute Gasteiger partial charge is 0.372 e. The summed E-state index contributed by atoms with van der Waals surface area (Å²) in [5, 5.41) is 4.22. The number of carbonyl (C=O) groups excluding carboxylic acids is 2. The molecule has 7 nitrogen and oxygen atoms in total. The van der Waals surface area contributed by atoms with Crippen LogP contribution in [0.3, 0.4) is 0 Å². The van der Waals surface area contributed by atoms with Crippen molar-refractivity contribution in [1.29, 1.82) is 0 Å². The van der Waals surface area contributed by atoms with Gasteiger partial charge in [0.1, 0.15) is 6.54 Å². The maximum atomic E-state index is 12.0. The van der Waals surface area contributed by atoms with Crippen LogP contribution in [0.1, 0.15) is 42.6 Å². The van der Waals surface area contributed by atoms with E-state index in [9.17, 15) is 9.59 Å². The van der Waals surface area contributed by atoms with Crippen LogP contribution in [0.2, 0.25) is 0 Å². The standard InChI is InChI=1S/C22H29N5O2/c1-17-15-18(2)27(25-17)16-22(29)24-23-21(28)12-9-19-7-10-20(11-8-19)26-13-5-3-4-6-14-26/h7-12,15H,3-6,13-14,16H2,1-2H3,(H,23,28)(H,24,29)/b12-9+. The van der Waals surface area contributed by atoms with E-state index in [-0.39, 0.29) is 18.4 Å². The van der Waals surface area contributed by atoms with Gasteiger partial charge in [0, 0.05) is 30.5 Å². The molecular weight excluding hydrogens is 366 g/mol. The average Bonchev–Trinajstić information content (AvgIpc) is 2.91. The van der Waals surface area contributed by atoms with E-state index in [2.05, 4.69) is 33.0 Å². The third-order valence-electron chi connectivity index (χ3n) is 5.01. The monoisotopic (exact) mass is 395 g/mol. The lowest BCUT2D eigenvalue weighted by Gasteiger charge is -2.22. The van der Waals surface area contributed by atoms with Crippen LogP contribution < -0.4 is 15.8 Å². The molecule has 1 aromatic heterocycles. The average molecular weight is 396 g/mol. The quantitative estimate of drug-likeness (QED) is 0.603. The Balaban J connectivity index is 1.46. The van der Waals surface area contributed by atoms with Gasteiger partial charge in [-0.2, -0.15) is 5.10 Å². The summed E-state index contributed by atoms with van der Waals surface area (Å²) < 4.78 is 1.60. The number of hydrazine groups is 1. The van der Waals surface area contributed by atoms with Crippen LogP contribution in [0.15, 0.2) is 36.4 Å². The fourth-order valence-electron chi connectivity index (χ4n) is 3.48. The van der Waals surface area contributed by atoms with Gasteiger partial charge >= 0.3 is 0 Å². The zero-order valence-electron chi connectivity index (χ0n) is 17.1. The zero-order valence-corrected chi connectivity index (χ0v) is 17.1. The van der Waals surface area contributed by atoms with Gasteiger partial charge in [0.25, 0.3) is 11.8 Å².